The molecule has 5 rings (SSSR count). The lowest BCUT2D eigenvalue weighted by atomic mass is 10.0. The van der Waals surface area contributed by atoms with Crippen molar-refractivity contribution < 1.29 is 18.7 Å². The first-order valence-corrected chi connectivity index (χ1v) is 13.7. The molecule has 3 atom stereocenters. The fourth-order valence-electron chi connectivity index (χ4n) is 5.36. The Kier molecular flexibility index (Phi) is 7.19. The van der Waals surface area contributed by atoms with Crippen LogP contribution in [0.15, 0.2) is 40.5 Å². The molecular formula is C26H24Cl2F2N4O3S. The minimum absolute atomic E-state index is 0.00916. The molecule has 0 bridgehead atoms. The van der Waals surface area contributed by atoms with Crippen molar-refractivity contribution in [3.8, 4) is 11.1 Å². The van der Waals surface area contributed by atoms with Crippen LogP contribution in [0.1, 0.15) is 13.8 Å². The maximum Gasteiger partial charge on any atom is 0.350 e. The zero-order chi connectivity index (χ0) is 27.5. The van der Waals surface area contributed by atoms with Crippen molar-refractivity contribution in [3.05, 3.63) is 63.0 Å². The number of benzene rings is 2. The molecule has 200 valence electrons. The van der Waals surface area contributed by atoms with Gasteiger partial charge in [0.2, 0.25) is 5.91 Å². The van der Waals surface area contributed by atoms with Crippen molar-refractivity contribution in [1.82, 2.24) is 14.5 Å². The number of anilines is 1. The Hall–Kier alpha value is -2.66. The number of piperazine rings is 1. The summed E-state index contributed by atoms with van der Waals surface area (Å²) in [4.78, 5) is 34.3. The van der Waals surface area contributed by atoms with Crippen molar-refractivity contribution in [2.45, 2.75) is 43.5 Å². The minimum atomic E-state index is -0.903. The molecule has 3 heterocycles. The van der Waals surface area contributed by atoms with E-state index >= 15 is 4.39 Å². The number of nitrogens with zero attached hydrogens (tertiary/aromatic N) is 4. The Morgan fingerprint density at radius 1 is 1.13 bits per heavy atom. The van der Waals surface area contributed by atoms with Crippen LogP contribution in [0.25, 0.3) is 22.0 Å². The van der Waals surface area contributed by atoms with E-state index in [-0.39, 0.29) is 51.5 Å². The van der Waals surface area contributed by atoms with Gasteiger partial charge in [-0.2, -0.15) is 4.98 Å². The van der Waals surface area contributed by atoms with Gasteiger partial charge in [0.15, 0.2) is 0 Å². The van der Waals surface area contributed by atoms with Crippen LogP contribution < -0.4 is 10.6 Å². The van der Waals surface area contributed by atoms with Gasteiger partial charge in [0, 0.05) is 58.4 Å². The first-order chi connectivity index (χ1) is 18.0. The summed E-state index contributed by atoms with van der Waals surface area (Å²) in [7, 11) is 0. The van der Waals surface area contributed by atoms with E-state index < -0.39 is 23.4 Å². The van der Waals surface area contributed by atoms with Crippen LogP contribution in [0.4, 0.5) is 14.6 Å². The second-order valence-corrected chi connectivity index (χ2v) is 11.4. The van der Waals surface area contributed by atoms with E-state index in [0.717, 1.165) is 0 Å². The number of thioether (sulfide) groups is 1. The van der Waals surface area contributed by atoms with Crippen molar-refractivity contribution in [3.63, 3.8) is 0 Å². The van der Waals surface area contributed by atoms with Gasteiger partial charge in [0.1, 0.15) is 17.5 Å². The minimum Gasteiger partial charge on any atom is -0.390 e. The van der Waals surface area contributed by atoms with Crippen molar-refractivity contribution in [2.24, 2.45) is 0 Å². The normalized spacial score (nSPS) is 21.5. The van der Waals surface area contributed by atoms with Gasteiger partial charge in [0.05, 0.1) is 28.2 Å². The zero-order valence-corrected chi connectivity index (χ0v) is 22.9. The first kappa shape index (κ1) is 26.9. The number of hydrogen-bond acceptors (Lipinski definition) is 6. The third-order valence-corrected chi connectivity index (χ3v) is 8.72. The third-order valence-electron chi connectivity index (χ3n) is 6.89. The number of carbonyl (C=O) groups excluding carboxylic acids is 1. The number of halogens is 4. The molecule has 1 amide bonds. The summed E-state index contributed by atoms with van der Waals surface area (Å²) in [6.45, 7) is 8.21. The Labute approximate surface area is 231 Å². The van der Waals surface area contributed by atoms with E-state index in [0.29, 0.717) is 40.8 Å². The molecule has 3 unspecified atom stereocenters. The molecule has 0 spiro atoms. The van der Waals surface area contributed by atoms with Crippen LogP contribution in [-0.2, 0) is 11.3 Å². The highest BCUT2D eigenvalue weighted by molar-refractivity contribution is 7.99. The lowest BCUT2D eigenvalue weighted by Crippen LogP contribution is -2.58. The van der Waals surface area contributed by atoms with Crippen LogP contribution in [0.5, 0.6) is 0 Å². The standard InChI is InChI=1S/C26H24Cl2F2N4O3S/c1-4-21(36)34-12(2)8-32(9-13(34)3)25-16-6-18(28)22(15-5-17(27)20(30)7-19(15)29)24-23(16)33(26(37)31-25)10-14(35)11-38-24/h4-7,12-14,35H,1,8-11H2,2-3H3. The van der Waals surface area contributed by atoms with Gasteiger partial charge in [-0.05, 0) is 32.1 Å². The summed E-state index contributed by atoms with van der Waals surface area (Å²) in [6.07, 6.45) is 0.409. The van der Waals surface area contributed by atoms with Crippen LogP contribution in [0, 0.1) is 11.6 Å². The summed E-state index contributed by atoms with van der Waals surface area (Å²) in [5.41, 5.74) is 0.112. The summed E-state index contributed by atoms with van der Waals surface area (Å²) in [6, 6.07) is 3.08. The molecule has 0 aliphatic carbocycles. The monoisotopic (exact) mass is 580 g/mol. The molecule has 3 aromatic rings. The summed E-state index contributed by atoms with van der Waals surface area (Å²) < 4.78 is 30.3. The van der Waals surface area contributed by atoms with Gasteiger partial charge in [-0.3, -0.25) is 9.36 Å². The smallest absolute Gasteiger partial charge is 0.350 e. The Balaban J connectivity index is 1.76. The first-order valence-electron chi connectivity index (χ1n) is 11.9. The summed E-state index contributed by atoms with van der Waals surface area (Å²) >= 11 is 14.0. The Bertz CT molecular complexity index is 1540. The molecular weight excluding hydrogens is 557 g/mol. The number of aliphatic hydroxyl groups is 1. The maximum absolute atomic E-state index is 15.0. The van der Waals surface area contributed by atoms with E-state index in [2.05, 4.69) is 11.6 Å². The fraction of sp³-hybridized carbons (Fsp3) is 0.346. The van der Waals surface area contributed by atoms with Gasteiger partial charge in [-0.25, -0.2) is 13.6 Å². The quantitative estimate of drug-likeness (QED) is 0.356. The number of carbonyl (C=O) groups is 1. The van der Waals surface area contributed by atoms with Gasteiger partial charge >= 0.3 is 5.69 Å². The highest BCUT2D eigenvalue weighted by atomic mass is 35.5. The molecule has 0 saturated carbocycles. The topological polar surface area (TPSA) is 78.7 Å². The SMILES string of the molecule is C=CC(=O)N1C(C)CN(c2nc(=O)n3c4c(c(-c5cc(Cl)c(F)cc5F)c(Cl)cc24)SCC(O)C3)CC1C. The molecule has 2 aromatic carbocycles. The van der Waals surface area contributed by atoms with Gasteiger partial charge in [-0.15, -0.1) is 11.8 Å². The van der Waals surface area contributed by atoms with E-state index in [1.807, 2.05) is 18.7 Å². The van der Waals surface area contributed by atoms with E-state index in [9.17, 15) is 19.1 Å². The molecule has 1 N–H and O–H groups in total. The number of hydrogen-bond donors (Lipinski definition) is 1. The number of amides is 1. The number of aromatic nitrogens is 2. The van der Waals surface area contributed by atoms with Crippen molar-refractivity contribution >= 4 is 57.6 Å². The average Bonchev–Trinajstić information content (AvgIpc) is 3.03. The molecule has 38 heavy (non-hydrogen) atoms. The molecule has 1 fully saturated rings. The third kappa shape index (κ3) is 4.47. The van der Waals surface area contributed by atoms with E-state index in [4.69, 9.17) is 23.2 Å². The molecule has 2 aliphatic heterocycles. The molecule has 7 nitrogen and oxygen atoms in total. The second kappa shape index (κ2) is 10.1. The molecule has 0 radical (unpaired) electrons. The van der Waals surface area contributed by atoms with Crippen molar-refractivity contribution in [1.29, 1.82) is 0 Å². The molecule has 2 aliphatic rings. The highest BCUT2D eigenvalue weighted by Gasteiger charge is 2.35. The number of aliphatic hydroxyl groups excluding tert-OH is 1. The Morgan fingerprint density at radius 3 is 2.47 bits per heavy atom. The maximum atomic E-state index is 15.0. The highest BCUT2D eigenvalue weighted by Crippen LogP contribution is 2.46. The summed E-state index contributed by atoms with van der Waals surface area (Å²) in [5, 5.41) is 11.0. The lowest BCUT2D eigenvalue weighted by Gasteiger charge is -2.44. The number of rotatable bonds is 3. The van der Waals surface area contributed by atoms with Gasteiger partial charge in [0.25, 0.3) is 0 Å². The molecule has 1 aromatic heterocycles. The van der Waals surface area contributed by atoms with Gasteiger partial charge < -0.3 is 14.9 Å². The van der Waals surface area contributed by atoms with Crippen LogP contribution in [-0.4, -0.2) is 62.5 Å². The van der Waals surface area contributed by atoms with E-state index in [1.165, 1.54) is 28.5 Å². The van der Waals surface area contributed by atoms with Crippen LogP contribution in [0.3, 0.4) is 0 Å². The molecule has 12 heteroatoms. The average molecular weight is 581 g/mol. The van der Waals surface area contributed by atoms with Crippen molar-refractivity contribution in [2.75, 3.05) is 23.7 Å². The van der Waals surface area contributed by atoms with Crippen LogP contribution in [0.2, 0.25) is 10.0 Å². The lowest BCUT2D eigenvalue weighted by molar-refractivity contribution is -0.130. The Morgan fingerprint density at radius 2 is 1.82 bits per heavy atom. The van der Waals surface area contributed by atoms with Gasteiger partial charge in [-0.1, -0.05) is 29.8 Å². The summed E-state index contributed by atoms with van der Waals surface area (Å²) in [5.74, 6) is -1.34. The van der Waals surface area contributed by atoms with Crippen LogP contribution >= 0.6 is 35.0 Å². The zero-order valence-electron chi connectivity index (χ0n) is 20.5. The van der Waals surface area contributed by atoms with E-state index in [1.54, 1.807) is 11.0 Å². The largest absolute Gasteiger partial charge is 0.390 e. The predicted octanol–water partition coefficient (Wildman–Crippen LogP) is 4.73. The molecule has 1 saturated heterocycles. The fourth-order valence-corrected chi connectivity index (χ4v) is 7.07. The second-order valence-electron chi connectivity index (χ2n) is 9.55. The predicted molar refractivity (Wildman–Crippen MR) is 146 cm³/mol.